The van der Waals surface area contributed by atoms with Gasteiger partial charge in [-0.15, -0.1) is 0 Å². The molecule has 0 spiro atoms. The molecule has 0 saturated heterocycles. The van der Waals surface area contributed by atoms with Gasteiger partial charge in [0, 0.05) is 17.0 Å². The molecule has 2 nitrogen and oxygen atoms in total. The molecule has 1 aliphatic rings. The van der Waals surface area contributed by atoms with E-state index in [4.69, 9.17) is 11.6 Å². The summed E-state index contributed by atoms with van der Waals surface area (Å²) >= 11 is 5.93. The van der Waals surface area contributed by atoms with Gasteiger partial charge >= 0.3 is 0 Å². The molecule has 0 aromatic heterocycles. The number of aliphatic hydroxyl groups excluding tert-OH is 1. The lowest BCUT2D eigenvalue weighted by atomic mass is 9.67. The number of rotatable bonds is 3. The Labute approximate surface area is 108 Å². The molecular weight excluding hydrogens is 234 g/mol. The predicted molar refractivity (Wildman–Crippen MR) is 71.5 cm³/mol. The Hall–Kier alpha value is -0.570. The van der Waals surface area contributed by atoms with Crippen LogP contribution in [-0.2, 0) is 5.41 Å². The number of likely N-dealkylation sites (N-methyl/N-ethyl adjacent to an activating group) is 1. The number of hydrogen-bond acceptors (Lipinski definition) is 2. The highest BCUT2D eigenvalue weighted by molar-refractivity contribution is 6.30. The highest BCUT2D eigenvalue weighted by Gasteiger charge is 2.40. The Morgan fingerprint density at radius 2 is 2.06 bits per heavy atom. The van der Waals surface area contributed by atoms with Crippen LogP contribution in [0.25, 0.3) is 0 Å². The summed E-state index contributed by atoms with van der Waals surface area (Å²) < 4.78 is 0. The summed E-state index contributed by atoms with van der Waals surface area (Å²) in [5.74, 6) is 0. The zero-order chi connectivity index (χ0) is 12.3. The molecule has 0 bridgehead atoms. The van der Waals surface area contributed by atoms with Gasteiger partial charge in [-0.3, -0.25) is 0 Å². The summed E-state index contributed by atoms with van der Waals surface area (Å²) in [6, 6.07) is 7.92. The molecule has 1 aliphatic carbocycles. The van der Waals surface area contributed by atoms with Crippen LogP contribution in [0, 0.1) is 0 Å². The van der Waals surface area contributed by atoms with E-state index < -0.39 is 0 Å². The monoisotopic (exact) mass is 253 g/mol. The van der Waals surface area contributed by atoms with Crippen molar-refractivity contribution >= 4 is 11.6 Å². The van der Waals surface area contributed by atoms with Gasteiger partial charge in [-0.25, -0.2) is 0 Å². The minimum atomic E-state index is -0.259. The third kappa shape index (κ3) is 2.49. The third-order valence-corrected chi connectivity index (χ3v) is 4.15. The molecule has 2 rings (SSSR count). The predicted octanol–water partition coefficient (Wildman–Crippen LogP) is 2.73. The van der Waals surface area contributed by atoms with Gasteiger partial charge < -0.3 is 10.4 Å². The Kier molecular flexibility index (Phi) is 4.08. The zero-order valence-electron chi connectivity index (χ0n) is 10.2. The molecule has 1 saturated carbocycles. The maximum absolute atomic E-state index is 10.4. The minimum absolute atomic E-state index is 0.141. The van der Waals surface area contributed by atoms with Crippen LogP contribution < -0.4 is 5.32 Å². The first kappa shape index (κ1) is 12.9. The SMILES string of the molecule is CNC[C@@]1(c2ccc(Cl)cc2)CCCC[C@H]1O. The van der Waals surface area contributed by atoms with E-state index in [9.17, 15) is 5.11 Å². The molecule has 1 aromatic carbocycles. The Bertz CT molecular complexity index is 361. The molecule has 0 aliphatic heterocycles. The lowest BCUT2D eigenvalue weighted by Crippen LogP contribution is -2.48. The van der Waals surface area contributed by atoms with Gasteiger partial charge in [0.2, 0.25) is 0 Å². The van der Waals surface area contributed by atoms with Crippen molar-refractivity contribution < 1.29 is 5.11 Å². The third-order valence-electron chi connectivity index (χ3n) is 3.90. The Balaban J connectivity index is 2.35. The zero-order valence-corrected chi connectivity index (χ0v) is 11.0. The maximum atomic E-state index is 10.4. The molecule has 2 atom stereocenters. The van der Waals surface area contributed by atoms with Crippen molar-refractivity contribution in [2.24, 2.45) is 0 Å². The first-order valence-corrected chi connectivity index (χ1v) is 6.65. The van der Waals surface area contributed by atoms with Crippen molar-refractivity contribution in [1.29, 1.82) is 0 Å². The van der Waals surface area contributed by atoms with Crippen LogP contribution in [0.15, 0.2) is 24.3 Å². The average Bonchev–Trinajstić information content (AvgIpc) is 2.33. The summed E-state index contributed by atoms with van der Waals surface area (Å²) in [6.07, 6.45) is 3.98. The van der Waals surface area contributed by atoms with Gasteiger partial charge in [0.15, 0.2) is 0 Å². The molecule has 0 unspecified atom stereocenters. The van der Waals surface area contributed by atoms with Crippen LogP contribution in [0.1, 0.15) is 31.2 Å². The van der Waals surface area contributed by atoms with Gasteiger partial charge in [0.1, 0.15) is 0 Å². The summed E-state index contributed by atoms with van der Waals surface area (Å²) in [4.78, 5) is 0. The number of halogens is 1. The van der Waals surface area contributed by atoms with E-state index in [0.29, 0.717) is 0 Å². The second-order valence-corrected chi connectivity index (χ2v) is 5.39. The lowest BCUT2D eigenvalue weighted by Gasteiger charge is -2.42. The van der Waals surface area contributed by atoms with Crippen LogP contribution in [0.3, 0.4) is 0 Å². The van der Waals surface area contributed by atoms with Crippen molar-refractivity contribution in [2.45, 2.75) is 37.2 Å². The van der Waals surface area contributed by atoms with Crippen LogP contribution in [0.5, 0.6) is 0 Å². The second-order valence-electron chi connectivity index (χ2n) is 4.95. The van der Waals surface area contributed by atoms with Crippen LogP contribution in [-0.4, -0.2) is 24.8 Å². The largest absolute Gasteiger partial charge is 0.392 e. The van der Waals surface area contributed by atoms with E-state index >= 15 is 0 Å². The fourth-order valence-corrected chi connectivity index (χ4v) is 3.09. The molecule has 0 heterocycles. The quantitative estimate of drug-likeness (QED) is 0.868. The molecule has 0 amide bonds. The number of benzene rings is 1. The molecule has 0 radical (unpaired) electrons. The summed E-state index contributed by atoms with van der Waals surface area (Å²) in [7, 11) is 1.94. The molecular formula is C14H20ClNO. The molecule has 94 valence electrons. The fraction of sp³-hybridized carbons (Fsp3) is 0.571. The number of aliphatic hydroxyl groups is 1. The van der Waals surface area contributed by atoms with Crippen molar-refractivity contribution in [3.63, 3.8) is 0 Å². The van der Waals surface area contributed by atoms with Crippen molar-refractivity contribution in [3.05, 3.63) is 34.9 Å². The van der Waals surface area contributed by atoms with E-state index in [-0.39, 0.29) is 11.5 Å². The summed E-state index contributed by atoms with van der Waals surface area (Å²) in [5, 5.41) is 14.4. The van der Waals surface area contributed by atoms with E-state index in [1.54, 1.807) is 0 Å². The van der Waals surface area contributed by atoms with Gasteiger partial charge in [0.25, 0.3) is 0 Å². The van der Waals surface area contributed by atoms with Gasteiger partial charge in [-0.2, -0.15) is 0 Å². The maximum Gasteiger partial charge on any atom is 0.0649 e. The van der Waals surface area contributed by atoms with Gasteiger partial charge in [-0.1, -0.05) is 36.6 Å². The minimum Gasteiger partial charge on any atom is -0.392 e. The van der Waals surface area contributed by atoms with Crippen molar-refractivity contribution in [1.82, 2.24) is 5.32 Å². The van der Waals surface area contributed by atoms with E-state index in [0.717, 1.165) is 30.8 Å². The highest BCUT2D eigenvalue weighted by atomic mass is 35.5. The number of hydrogen-bond donors (Lipinski definition) is 2. The standard InChI is InChI=1S/C14H20ClNO/c1-16-10-14(9-3-2-4-13(14)17)11-5-7-12(15)8-6-11/h5-8,13,16-17H,2-4,9-10H2,1H3/t13-,14-/m1/s1. The second kappa shape index (κ2) is 5.38. The Morgan fingerprint density at radius 1 is 1.35 bits per heavy atom. The Morgan fingerprint density at radius 3 is 2.65 bits per heavy atom. The van der Waals surface area contributed by atoms with E-state index in [1.807, 2.05) is 31.3 Å². The first-order valence-electron chi connectivity index (χ1n) is 6.28. The molecule has 3 heteroatoms. The molecule has 17 heavy (non-hydrogen) atoms. The fourth-order valence-electron chi connectivity index (χ4n) is 2.96. The molecule has 1 fully saturated rings. The first-order chi connectivity index (χ1) is 8.19. The molecule has 2 N–H and O–H groups in total. The summed E-state index contributed by atoms with van der Waals surface area (Å²) in [5.41, 5.74) is 1.06. The number of nitrogens with one attached hydrogen (secondary N) is 1. The average molecular weight is 254 g/mol. The van der Waals surface area contributed by atoms with Crippen LogP contribution in [0.2, 0.25) is 5.02 Å². The topological polar surface area (TPSA) is 32.3 Å². The smallest absolute Gasteiger partial charge is 0.0649 e. The van der Waals surface area contributed by atoms with Gasteiger partial charge in [-0.05, 0) is 37.6 Å². The lowest BCUT2D eigenvalue weighted by molar-refractivity contribution is 0.0424. The van der Waals surface area contributed by atoms with E-state index in [1.165, 1.54) is 12.0 Å². The van der Waals surface area contributed by atoms with Crippen molar-refractivity contribution in [2.75, 3.05) is 13.6 Å². The highest BCUT2D eigenvalue weighted by Crippen LogP contribution is 2.39. The van der Waals surface area contributed by atoms with E-state index in [2.05, 4.69) is 5.32 Å². The summed E-state index contributed by atoms with van der Waals surface area (Å²) in [6.45, 7) is 0.815. The van der Waals surface area contributed by atoms with Crippen LogP contribution in [0.4, 0.5) is 0 Å². The van der Waals surface area contributed by atoms with Gasteiger partial charge in [0.05, 0.1) is 6.10 Å². The molecule has 1 aromatic rings. The van der Waals surface area contributed by atoms with Crippen LogP contribution >= 0.6 is 11.6 Å². The van der Waals surface area contributed by atoms with Crippen molar-refractivity contribution in [3.8, 4) is 0 Å². The normalized spacial score (nSPS) is 29.2.